The molecule has 18 heavy (non-hydrogen) atoms. The van der Waals surface area contributed by atoms with Crippen LogP contribution in [0.2, 0.25) is 0 Å². The van der Waals surface area contributed by atoms with Crippen LogP contribution in [0.3, 0.4) is 0 Å². The molecule has 0 bridgehead atoms. The van der Waals surface area contributed by atoms with Gasteiger partial charge in [0.2, 0.25) is 0 Å². The second-order valence-corrected chi connectivity index (χ2v) is 5.89. The predicted molar refractivity (Wildman–Crippen MR) is 82.5 cm³/mol. The van der Waals surface area contributed by atoms with Gasteiger partial charge in [-0.05, 0) is 53.3 Å². The highest BCUT2D eigenvalue weighted by molar-refractivity contribution is 14.1. The topological polar surface area (TPSA) is 35.2 Å². The standard InChI is InChI=1S/C13H10BrFINO/c1-7-2-3-8(14)4-12(7)18-13-5-9(15)10(16)6-11(13)17/h2-6H,17H2,1H3. The van der Waals surface area contributed by atoms with E-state index in [2.05, 4.69) is 15.9 Å². The third kappa shape index (κ3) is 2.95. The Bertz CT molecular complexity index is 604. The lowest BCUT2D eigenvalue weighted by Gasteiger charge is -2.11. The van der Waals surface area contributed by atoms with E-state index in [1.54, 1.807) is 6.07 Å². The summed E-state index contributed by atoms with van der Waals surface area (Å²) in [6, 6.07) is 8.51. The molecular formula is C13H10BrFINO. The average molecular weight is 422 g/mol. The van der Waals surface area contributed by atoms with Gasteiger partial charge in [-0.2, -0.15) is 0 Å². The van der Waals surface area contributed by atoms with E-state index in [0.717, 1.165) is 10.0 Å². The summed E-state index contributed by atoms with van der Waals surface area (Å²) in [5, 5.41) is 0. The number of benzene rings is 2. The van der Waals surface area contributed by atoms with Crippen molar-refractivity contribution in [1.29, 1.82) is 0 Å². The van der Waals surface area contributed by atoms with E-state index in [4.69, 9.17) is 10.5 Å². The quantitative estimate of drug-likeness (QED) is 0.554. The number of nitrogen functional groups attached to an aromatic ring is 1. The molecule has 0 aliphatic rings. The van der Waals surface area contributed by atoms with Gasteiger partial charge in [-0.25, -0.2) is 4.39 Å². The minimum Gasteiger partial charge on any atom is -0.455 e. The zero-order valence-corrected chi connectivity index (χ0v) is 13.2. The van der Waals surface area contributed by atoms with Gasteiger partial charge in [0.1, 0.15) is 11.6 Å². The Labute approximate surface area is 127 Å². The van der Waals surface area contributed by atoms with Crippen LogP contribution in [0, 0.1) is 16.3 Å². The van der Waals surface area contributed by atoms with Gasteiger partial charge in [-0.3, -0.25) is 0 Å². The Kier molecular flexibility index (Phi) is 4.11. The van der Waals surface area contributed by atoms with Crippen LogP contribution in [-0.2, 0) is 0 Å². The summed E-state index contributed by atoms with van der Waals surface area (Å²) < 4.78 is 20.5. The lowest BCUT2D eigenvalue weighted by atomic mass is 10.2. The number of hydrogen-bond acceptors (Lipinski definition) is 2. The SMILES string of the molecule is Cc1ccc(Br)cc1Oc1cc(F)c(I)cc1N. The summed E-state index contributed by atoms with van der Waals surface area (Å²) in [6.45, 7) is 1.92. The molecule has 0 aliphatic carbocycles. The number of nitrogens with two attached hydrogens (primary N) is 1. The number of ether oxygens (including phenoxy) is 1. The fourth-order valence-corrected chi connectivity index (χ4v) is 2.27. The van der Waals surface area contributed by atoms with Crippen LogP contribution < -0.4 is 10.5 Å². The summed E-state index contributed by atoms with van der Waals surface area (Å²) >= 11 is 5.26. The summed E-state index contributed by atoms with van der Waals surface area (Å²) in [4.78, 5) is 0. The summed E-state index contributed by atoms with van der Waals surface area (Å²) in [5.41, 5.74) is 7.19. The molecule has 0 amide bonds. The van der Waals surface area contributed by atoms with Crippen LogP contribution >= 0.6 is 38.5 Å². The summed E-state index contributed by atoms with van der Waals surface area (Å²) in [7, 11) is 0. The summed E-state index contributed by atoms with van der Waals surface area (Å²) in [5.74, 6) is 0.637. The van der Waals surface area contributed by atoms with Gasteiger partial charge < -0.3 is 10.5 Å². The number of anilines is 1. The molecule has 0 aliphatic heterocycles. The number of hydrogen-bond donors (Lipinski definition) is 1. The zero-order chi connectivity index (χ0) is 13.3. The van der Waals surface area contributed by atoms with Crippen molar-refractivity contribution in [3.05, 3.63) is 49.8 Å². The molecule has 5 heteroatoms. The monoisotopic (exact) mass is 421 g/mol. The van der Waals surface area contributed by atoms with Crippen molar-refractivity contribution in [3.8, 4) is 11.5 Å². The van der Waals surface area contributed by atoms with E-state index >= 15 is 0 Å². The largest absolute Gasteiger partial charge is 0.455 e. The Morgan fingerprint density at radius 2 is 1.94 bits per heavy atom. The zero-order valence-electron chi connectivity index (χ0n) is 9.51. The van der Waals surface area contributed by atoms with Gasteiger partial charge in [0.25, 0.3) is 0 Å². The fourth-order valence-electron chi connectivity index (χ4n) is 1.43. The van der Waals surface area contributed by atoms with Crippen molar-refractivity contribution in [2.24, 2.45) is 0 Å². The Morgan fingerprint density at radius 3 is 2.67 bits per heavy atom. The lowest BCUT2D eigenvalue weighted by molar-refractivity contribution is 0.474. The van der Waals surface area contributed by atoms with E-state index in [0.29, 0.717) is 20.8 Å². The maximum absolute atomic E-state index is 13.5. The number of aryl methyl sites for hydroxylation is 1. The average Bonchev–Trinajstić information content (AvgIpc) is 2.30. The molecule has 2 aromatic rings. The number of rotatable bonds is 2. The van der Waals surface area contributed by atoms with E-state index in [1.807, 2.05) is 47.7 Å². The first-order valence-corrected chi connectivity index (χ1v) is 7.03. The molecule has 0 unspecified atom stereocenters. The third-order valence-corrected chi connectivity index (χ3v) is 3.74. The van der Waals surface area contributed by atoms with Gasteiger partial charge in [-0.15, -0.1) is 0 Å². The maximum atomic E-state index is 13.5. The van der Waals surface area contributed by atoms with Gasteiger partial charge >= 0.3 is 0 Å². The molecule has 0 saturated heterocycles. The molecule has 0 spiro atoms. The molecule has 2 N–H and O–H groups in total. The highest BCUT2D eigenvalue weighted by atomic mass is 127. The molecule has 94 valence electrons. The molecule has 2 aromatic carbocycles. The van der Waals surface area contributed by atoms with Gasteiger partial charge in [0.15, 0.2) is 5.75 Å². The Balaban J connectivity index is 2.40. The Hall–Kier alpha value is -0.820. The van der Waals surface area contributed by atoms with Crippen molar-refractivity contribution in [1.82, 2.24) is 0 Å². The smallest absolute Gasteiger partial charge is 0.153 e. The second kappa shape index (κ2) is 5.44. The van der Waals surface area contributed by atoms with Crippen LogP contribution in [0.4, 0.5) is 10.1 Å². The van der Waals surface area contributed by atoms with Crippen LogP contribution in [0.15, 0.2) is 34.8 Å². The fraction of sp³-hybridized carbons (Fsp3) is 0.0769. The minimum absolute atomic E-state index is 0.328. The highest BCUT2D eigenvalue weighted by Gasteiger charge is 2.09. The first kappa shape index (κ1) is 13.6. The first-order valence-electron chi connectivity index (χ1n) is 5.16. The van der Waals surface area contributed by atoms with Crippen LogP contribution in [0.25, 0.3) is 0 Å². The Morgan fingerprint density at radius 1 is 1.22 bits per heavy atom. The molecule has 0 radical (unpaired) electrons. The van der Waals surface area contributed by atoms with Gasteiger partial charge in [0.05, 0.1) is 9.26 Å². The minimum atomic E-state index is -0.340. The van der Waals surface area contributed by atoms with Crippen molar-refractivity contribution >= 4 is 44.2 Å². The molecule has 0 aromatic heterocycles. The second-order valence-electron chi connectivity index (χ2n) is 3.82. The van der Waals surface area contributed by atoms with Crippen molar-refractivity contribution in [3.63, 3.8) is 0 Å². The van der Waals surface area contributed by atoms with Crippen LogP contribution in [-0.4, -0.2) is 0 Å². The lowest BCUT2D eigenvalue weighted by Crippen LogP contribution is -1.96. The van der Waals surface area contributed by atoms with Gasteiger partial charge in [0, 0.05) is 10.5 Å². The van der Waals surface area contributed by atoms with Crippen molar-refractivity contribution in [2.75, 3.05) is 5.73 Å². The summed E-state index contributed by atoms with van der Waals surface area (Å²) in [6.07, 6.45) is 0. The van der Waals surface area contributed by atoms with Crippen LogP contribution in [0.5, 0.6) is 11.5 Å². The molecule has 0 fully saturated rings. The van der Waals surface area contributed by atoms with Crippen LogP contribution in [0.1, 0.15) is 5.56 Å². The van der Waals surface area contributed by atoms with Gasteiger partial charge in [-0.1, -0.05) is 22.0 Å². The molecule has 0 heterocycles. The highest BCUT2D eigenvalue weighted by Crippen LogP contribution is 2.33. The maximum Gasteiger partial charge on any atom is 0.153 e. The van der Waals surface area contributed by atoms with E-state index in [9.17, 15) is 4.39 Å². The molecule has 2 rings (SSSR count). The molecule has 0 atom stereocenters. The van der Waals surface area contributed by atoms with Crippen molar-refractivity contribution in [2.45, 2.75) is 6.92 Å². The van der Waals surface area contributed by atoms with E-state index < -0.39 is 0 Å². The predicted octanol–water partition coefficient (Wildman–Crippen LogP) is 4.88. The molecule has 2 nitrogen and oxygen atoms in total. The first-order chi connectivity index (χ1) is 8.47. The molecule has 0 saturated carbocycles. The third-order valence-electron chi connectivity index (χ3n) is 2.42. The van der Waals surface area contributed by atoms with Crippen molar-refractivity contribution < 1.29 is 9.13 Å². The van der Waals surface area contributed by atoms with E-state index in [1.165, 1.54) is 6.07 Å². The van der Waals surface area contributed by atoms with E-state index in [-0.39, 0.29) is 5.82 Å². The normalized spacial score (nSPS) is 10.4. The number of halogens is 3. The molecular weight excluding hydrogens is 412 g/mol.